The molecule has 35 heavy (non-hydrogen) atoms. The molecule has 176 valence electrons. The molecule has 6 rings (SSSR count). The molecule has 0 atom stereocenters. The summed E-state index contributed by atoms with van der Waals surface area (Å²) in [6.07, 6.45) is 0. The number of ether oxygens (including phenoxy) is 2. The smallest absolute Gasteiger partial charge is 0.254 e. The highest BCUT2D eigenvalue weighted by Crippen LogP contribution is 2.36. The van der Waals surface area contributed by atoms with E-state index in [1.807, 2.05) is 53.4 Å². The van der Waals surface area contributed by atoms with E-state index in [9.17, 15) is 4.79 Å². The zero-order chi connectivity index (χ0) is 23.9. The lowest BCUT2D eigenvalue weighted by Gasteiger charge is -2.37. The van der Waals surface area contributed by atoms with Crippen molar-refractivity contribution in [1.29, 1.82) is 0 Å². The number of pyridine rings is 1. The fourth-order valence-corrected chi connectivity index (χ4v) is 4.96. The molecule has 2 aliphatic heterocycles. The maximum absolute atomic E-state index is 13.8. The number of carbonyl (C=O) groups is 1. The average molecular weight is 466 g/mol. The molecule has 3 aromatic carbocycles. The Bertz CT molecular complexity index is 1440. The number of hydrogen-bond donors (Lipinski definition) is 0. The normalized spacial score (nSPS) is 15.0. The number of hydrogen-bond acceptors (Lipinski definition) is 5. The predicted molar refractivity (Wildman–Crippen MR) is 137 cm³/mol. The summed E-state index contributed by atoms with van der Waals surface area (Å²) in [7, 11) is 0. The van der Waals surface area contributed by atoms with E-state index in [2.05, 4.69) is 36.9 Å². The first kappa shape index (κ1) is 21.5. The summed E-state index contributed by atoms with van der Waals surface area (Å²) in [5.74, 6) is 1.48. The molecule has 0 radical (unpaired) electrons. The summed E-state index contributed by atoms with van der Waals surface area (Å²) in [5.41, 5.74) is 6.99. The number of amides is 1. The average Bonchev–Trinajstić information content (AvgIpc) is 3.37. The van der Waals surface area contributed by atoms with Crippen molar-refractivity contribution in [3.05, 3.63) is 83.4 Å². The van der Waals surface area contributed by atoms with Crippen molar-refractivity contribution in [2.24, 2.45) is 0 Å². The molecule has 0 N–H and O–H groups in total. The number of aryl methyl sites for hydroxylation is 1. The van der Waals surface area contributed by atoms with Crippen LogP contribution in [0.1, 0.15) is 21.5 Å². The lowest BCUT2D eigenvalue weighted by Crippen LogP contribution is -2.49. The van der Waals surface area contributed by atoms with Crippen molar-refractivity contribution < 1.29 is 14.3 Å². The highest BCUT2D eigenvalue weighted by molar-refractivity contribution is 6.07. The minimum atomic E-state index is 0.0474. The molecule has 0 spiro atoms. The minimum absolute atomic E-state index is 0.0474. The Labute approximate surface area is 204 Å². The van der Waals surface area contributed by atoms with Gasteiger partial charge in [-0.1, -0.05) is 30.3 Å². The Kier molecular flexibility index (Phi) is 5.29. The fraction of sp³-hybridized carbons (Fsp3) is 0.241. The molecular formula is C29H27N3O3. The maximum atomic E-state index is 13.8. The Morgan fingerprint density at radius 3 is 2.51 bits per heavy atom. The molecule has 1 saturated heterocycles. The summed E-state index contributed by atoms with van der Waals surface area (Å²) in [4.78, 5) is 23.0. The second-order valence-corrected chi connectivity index (χ2v) is 9.14. The molecule has 1 aromatic heterocycles. The van der Waals surface area contributed by atoms with E-state index in [1.54, 1.807) is 0 Å². The van der Waals surface area contributed by atoms with Gasteiger partial charge < -0.3 is 19.3 Å². The highest BCUT2D eigenvalue weighted by Gasteiger charge is 2.25. The number of benzene rings is 3. The third-order valence-corrected chi connectivity index (χ3v) is 7.10. The van der Waals surface area contributed by atoms with Gasteiger partial charge in [0, 0.05) is 42.8 Å². The largest absolute Gasteiger partial charge is 0.454 e. The number of nitrogens with zero attached hydrogens (tertiary/aromatic N) is 3. The minimum Gasteiger partial charge on any atom is -0.454 e. The quantitative estimate of drug-likeness (QED) is 0.416. The van der Waals surface area contributed by atoms with Gasteiger partial charge in [0.15, 0.2) is 11.5 Å². The van der Waals surface area contributed by atoms with Gasteiger partial charge in [-0.05, 0) is 61.4 Å². The highest BCUT2D eigenvalue weighted by atomic mass is 16.7. The topological polar surface area (TPSA) is 54.9 Å². The second-order valence-electron chi connectivity index (χ2n) is 9.14. The number of carbonyl (C=O) groups excluding carboxylic acids is 1. The van der Waals surface area contributed by atoms with E-state index >= 15 is 0 Å². The number of aromatic nitrogens is 1. The Hall–Kier alpha value is -4.06. The Morgan fingerprint density at radius 2 is 1.66 bits per heavy atom. The lowest BCUT2D eigenvalue weighted by molar-refractivity contribution is 0.0748. The van der Waals surface area contributed by atoms with Gasteiger partial charge in [-0.25, -0.2) is 4.98 Å². The van der Waals surface area contributed by atoms with Crippen LogP contribution in [0.4, 0.5) is 5.69 Å². The zero-order valence-corrected chi connectivity index (χ0v) is 20.0. The van der Waals surface area contributed by atoms with Crippen LogP contribution in [0, 0.1) is 13.8 Å². The van der Waals surface area contributed by atoms with Crippen LogP contribution in [-0.4, -0.2) is 48.8 Å². The molecule has 0 saturated carbocycles. The van der Waals surface area contributed by atoms with E-state index in [4.69, 9.17) is 14.5 Å². The summed E-state index contributed by atoms with van der Waals surface area (Å²) < 4.78 is 11.0. The van der Waals surface area contributed by atoms with Crippen molar-refractivity contribution in [2.45, 2.75) is 13.8 Å². The standard InChI is InChI=1S/C29H27N3O3/c1-19-6-5-9-26(20(19)2)31-12-14-32(15-13-31)29(33)23-17-25(30-24-8-4-3-7-22(23)24)21-10-11-27-28(16-21)35-18-34-27/h3-11,16-17H,12-15,18H2,1-2H3. The lowest BCUT2D eigenvalue weighted by atomic mass is 10.0. The summed E-state index contributed by atoms with van der Waals surface area (Å²) in [5, 5.41) is 0.874. The van der Waals surface area contributed by atoms with Crippen molar-refractivity contribution in [3.63, 3.8) is 0 Å². The van der Waals surface area contributed by atoms with Crippen LogP contribution >= 0.6 is 0 Å². The van der Waals surface area contributed by atoms with Gasteiger partial charge in [0.05, 0.1) is 16.8 Å². The van der Waals surface area contributed by atoms with E-state index in [-0.39, 0.29) is 12.7 Å². The van der Waals surface area contributed by atoms with Crippen molar-refractivity contribution in [1.82, 2.24) is 9.88 Å². The molecule has 3 heterocycles. The van der Waals surface area contributed by atoms with Crippen LogP contribution in [0.25, 0.3) is 22.2 Å². The summed E-state index contributed by atoms with van der Waals surface area (Å²) in [6.45, 7) is 7.53. The van der Waals surface area contributed by atoms with E-state index < -0.39 is 0 Å². The first-order chi connectivity index (χ1) is 17.1. The third kappa shape index (κ3) is 3.85. The first-order valence-electron chi connectivity index (χ1n) is 12.0. The van der Waals surface area contributed by atoms with Crippen molar-refractivity contribution >= 4 is 22.5 Å². The molecule has 6 heteroatoms. The van der Waals surface area contributed by atoms with Gasteiger partial charge in [0.25, 0.3) is 5.91 Å². The van der Waals surface area contributed by atoms with E-state index in [0.717, 1.165) is 41.0 Å². The number of piperazine rings is 1. The van der Waals surface area contributed by atoms with Crippen LogP contribution in [0.5, 0.6) is 11.5 Å². The predicted octanol–water partition coefficient (Wildman–Crippen LogP) is 5.21. The maximum Gasteiger partial charge on any atom is 0.254 e. The Morgan fingerprint density at radius 1 is 0.857 bits per heavy atom. The van der Waals surface area contributed by atoms with Crippen LogP contribution in [0.3, 0.4) is 0 Å². The fourth-order valence-electron chi connectivity index (χ4n) is 4.96. The second kappa shape index (κ2) is 8.62. The molecule has 1 amide bonds. The summed E-state index contributed by atoms with van der Waals surface area (Å²) >= 11 is 0. The van der Waals surface area contributed by atoms with Gasteiger partial charge >= 0.3 is 0 Å². The van der Waals surface area contributed by atoms with Crippen LogP contribution in [0.2, 0.25) is 0 Å². The van der Waals surface area contributed by atoms with Crippen molar-refractivity contribution in [3.8, 4) is 22.8 Å². The molecular weight excluding hydrogens is 438 g/mol. The van der Waals surface area contributed by atoms with E-state index in [1.165, 1.54) is 16.8 Å². The number of para-hydroxylation sites is 1. The molecule has 4 aromatic rings. The molecule has 1 fully saturated rings. The SMILES string of the molecule is Cc1cccc(N2CCN(C(=O)c3cc(-c4ccc5c(c4)OCO5)nc4ccccc34)CC2)c1C. The van der Waals surface area contributed by atoms with Crippen LogP contribution in [-0.2, 0) is 0 Å². The van der Waals surface area contributed by atoms with Gasteiger partial charge in [-0.2, -0.15) is 0 Å². The third-order valence-electron chi connectivity index (χ3n) is 7.10. The molecule has 0 bridgehead atoms. The molecule has 6 nitrogen and oxygen atoms in total. The number of rotatable bonds is 3. The molecule has 2 aliphatic rings. The van der Waals surface area contributed by atoms with Crippen LogP contribution in [0.15, 0.2) is 66.7 Å². The molecule has 0 aliphatic carbocycles. The van der Waals surface area contributed by atoms with E-state index in [0.29, 0.717) is 24.4 Å². The van der Waals surface area contributed by atoms with Crippen molar-refractivity contribution in [2.75, 3.05) is 37.9 Å². The zero-order valence-electron chi connectivity index (χ0n) is 20.0. The van der Waals surface area contributed by atoms with Gasteiger partial charge in [0.1, 0.15) is 0 Å². The first-order valence-corrected chi connectivity index (χ1v) is 12.0. The monoisotopic (exact) mass is 465 g/mol. The van der Waals surface area contributed by atoms with Gasteiger partial charge in [0.2, 0.25) is 6.79 Å². The van der Waals surface area contributed by atoms with Crippen LogP contribution < -0.4 is 14.4 Å². The molecule has 0 unspecified atom stereocenters. The number of anilines is 1. The van der Waals surface area contributed by atoms with Gasteiger partial charge in [-0.15, -0.1) is 0 Å². The number of fused-ring (bicyclic) bond motifs is 2. The summed E-state index contributed by atoms with van der Waals surface area (Å²) in [6, 6.07) is 22.0. The Balaban J connectivity index is 1.30. The van der Waals surface area contributed by atoms with Gasteiger partial charge in [-0.3, -0.25) is 4.79 Å².